The van der Waals surface area contributed by atoms with Crippen molar-refractivity contribution in [1.82, 2.24) is 0 Å². The maximum absolute atomic E-state index is 14.2. The monoisotopic (exact) mass is 554 g/mol. The van der Waals surface area contributed by atoms with Gasteiger partial charge in [0.15, 0.2) is 0 Å². The lowest BCUT2D eigenvalue weighted by atomic mass is 9.86. The molecular formula is C25H19Cl2F3N2O3S. The molecule has 1 amide bonds. The van der Waals surface area contributed by atoms with Crippen molar-refractivity contribution in [1.29, 1.82) is 0 Å². The van der Waals surface area contributed by atoms with Crippen LogP contribution in [0.15, 0.2) is 81.1 Å². The van der Waals surface area contributed by atoms with Crippen LogP contribution in [-0.4, -0.2) is 28.3 Å². The van der Waals surface area contributed by atoms with E-state index in [9.17, 15) is 22.2 Å². The van der Waals surface area contributed by atoms with Crippen molar-refractivity contribution in [2.75, 3.05) is 6.26 Å². The van der Waals surface area contributed by atoms with Gasteiger partial charge in [0.2, 0.25) is 0 Å². The van der Waals surface area contributed by atoms with Gasteiger partial charge in [-0.25, -0.2) is 4.21 Å². The zero-order chi connectivity index (χ0) is 26.3. The highest BCUT2D eigenvalue weighted by Crippen LogP contribution is 2.49. The van der Waals surface area contributed by atoms with Crippen molar-refractivity contribution < 1.29 is 27.0 Å². The van der Waals surface area contributed by atoms with E-state index >= 15 is 0 Å². The second-order valence-electron chi connectivity index (χ2n) is 8.33. The Morgan fingerprint density at radius 2 is 1.69 bits per heavy atom. The second-order valence-corrected chi connectivity index (χ2v) is 11.5. The molecular weight excluding hydrogens is 536 g/mol. The Kier molecular flexibility index (Phi) is 6.94. The molecule has 188 valence electrons. The lowest BCUT2D eigenvalue weighted by molar-refractivity contribution is -0.275. The molecule has 0 aliphatic carbocycles. The van der Waals surface area contributed by atoms with Crippen molar-refractivity contribution in [3.63, 3.8) is 0 Å². The number of alkyl halides is 3. The number of halogens is 5. The van der Waals surface area contributed by atoms with E-state index in [0.717, 1.165) is 12.1 Å². The zero-order valence-electron chi connectivity index (χ0n) is 19.0. The van der Waals surface area contributed by atoms with Crippen molar-refractivity contribution in [2.24, 2.45) is 9.52 Å². The summed E-state index contributed by atoms with van der Waals surface area (Å²) in [4.78, 5) is 18.2. The number of amides is 1. The molecule has 0 fully saturated rings. The molecule has 2 atom stereocenters. The van der Waals surface area contributed by atoms with Crippen LogP contribution in [0.4, 0.5) is 13.2 Å². The van der Waals surface area contributed by atoms with Crippen LogP contribution in [0.25, 0.3) is 0 Å². The van der Waals surface area contributed by atoms with E-state index in [1.165, 1.54) is 30.5 Å². The molecule has 5 nitrogen and oxygen atoms in total. The number of hydrogen-bond acceptors (Lipinski definition) is 4. The molecule has 3 aromatic carbocycles. The highest BCUT2D eigenvalue weighted by atomic mass is 35.5. The van der Waals surface area contributed by atoms with Gasteiger partial charge >= 0.3 is 6.18 Å². The lowest BCUT2D eigenvalue weighted by Crippen LogP contribution is -2.42. The topological polar surface area (TPSA) is 68.1 Å². The number of oxime groups is 1. The summed E-state index contributed by atoms with van der Waals surface area (Å²) in [5.74, 6) is -0.696. The molecule has 1 aliphatic heterocycles. The van der Waals surface area contributed by atoms with E-state index in [4.69, 9.17) is 28.0 Å². The number of carbonyl (C=O) groups is 1. The molecule has 36 heavy (non-hydrogen) atoms. The molecule has 11 heteroatoms. The average Bonchev–Trinajstić information content (AvgIpc) is 3.26. The molecule has 0 spiro atoms. The fourth-order valence-corrected chi connectivity index (χ4v) is 5.57. The first-order valence-corrected chi connectivity index (χ1v) is 13.2. The fourth-order valence-electron chi connectivity index (χ4n) is 3.86. The van der Waals surface area contributed by atoms with Crippen LogP contribution >= 0.6 is 23.2 Å². The molecule has 0 N–H and O–H groups in total. The maximum Gasteiger partial charge on any atom is 0.435 e. The van der Waals surface area contributed by atoms with Crippen LogP contribution in [0.1, 0.15) is 33.5 Å². The highest BCUT2D eigenvalue weighted by molar-refractivity contribution is 7.93. The van der Waals surface area contributed by atoms with Gasteiger partial charge in [0.05, 0.1) is 15.4 Å². The van der Waals surface area contributed by atoms with Gasteiger partial charge in [-0.1, -0.05) is 52.6 Å². The first kappa shape index (κ1) is 26.2. The van der Waals surface area contributed by atoms with E-state index in [-0.39, 0.29) is 26.9 Å². The van der Waals surface area contributed by atoms with Gasteiger partial charge in [-0.3, -0.25) is 4.79 Å². The minimum atomic E-state index is -4.82. The molecule has 2 unspecified atom stereocenters. The maximum atomic E-state index is 14.2. The smallest absolute Gasteiger partial charge is 0.374 e. The third-order valence-corrected chi connectivity index (χ3v) is 7.84. The Labute approximate surface area is 216 Å². The fraction of sp³-hybridized carbons (Fsp3) is 0.200. The Morgan fingerprint density at radius 1 is 1.06 bits per heavy atom. The van der Waals surface area contributed by atoms with Crippen LogP contribution in [0.5, 0.6) is 0 Å². The van der Waals surface area contributed by atoms with Crippen LogP contribution in [0.2, 0.25) is 10.0 Å². The highest BCUT2D eigenvalue weighted by Gasteiger charge is 2.62. The summed E-state index contributed by atoms with van der Waals surface area (Å²) in [6.45, 7) is 1.61. The second kappa shape index (κ2) is 9.53. The Balaban J connectivity index is 1.65. The predicted molar refractivity (Wildman–Crippen MR) is 133 cm³/mol. The summed E-state index contributed by atoms with van der Waals surface area (Å²) in [6.07, 6.45) is -4.08. The van der Waals surface area contributed by atoms with Crippen LogP contribution in [-0.2, 0) is 20.2 Å². The van der Waals surface area contributed by atoms with Crippen LogP contribution < -0.4 is 0 Å². The van der Waals surface area contributed by atoms with Gasteiger partial charge in [0.25, 0.3) is 11.5 Å². The number of rotatable bonds is 4. The number of hydrogen-bond donors (Lipinski definition) is 0. The average molecular weight is 555 g/mol. The lowest BCUT2D eigenvalue weighted by Gasteiger charge is -2.29. The van der Waals surface area contributed by atoms with Crippen molar-refractivity contribution in [3.8, 4) is 0 Å². The molecule has 4 rings (SSSR count). The molecule has 0 radical (unpaired) electrons. The van der Waals surface area contributed by atoms with Gasteiger partial charge in [0, 0.05) is 38.7 Å². The number of nitrogens with zero attached hydrogens (tertiary/aromatic N) is 2. The normalized spacial score (nSPS) is 19.2. The van der Waals surface area contributed by atoms with Gasteiger partial charge in [-0.15, -0.1) is 0 Å². The van der Waals surface area contributed by atoms with Gasteiger partial charge in [0.1, 0.15) is 0 Å². The largest absolute Gasteiger partial charge is 0.435 e. The van der Waals surface area contributed by atoms with E-state index in [2.05, 4.69) is 9.52 Å². The number of aryl methyl sites for hydroxylation is 1. The Hall–Kier alpha value is -2.88. The number of benzene rings is 3. The SMILES string of the molecule is Cc1cc(C2=NOC(c3cc(Cl)cc(Cl)c3)(C(F)(F)F)C2)ccc1C(=O)N=S(C)(=O)c1ccccc1. The van der Waals surface area contributed by atoms with Crippen LogP contribution in [0.3, 0.4) is 0 Å². The number of carbonyl (C=O) groups excluding carboxylic acids is 1. The summed E-state index contributed by atoms with van der Waals surface area (Å²) in [7, 11) is -2.98. The first-order valence-electron chi connectivity index (χ1n) is 10.5. The quantitative estimate of drug-likeness (QED) is 0.343. The minimum absolute atomic E-state index is 0.0311. The van der Waals surface area contributed by atoms with Crippen molar-refractivity contribution in [2.45, 2.75) is 30.0 Å². The third kappa shape index (κ3) is 5.00. The summed E-state index contributed by atoms with van der Waals surface area (Å²) < 4.78 is 59.6. The summed E-state index contributed by atoms with van der Waals surface area (Å²) >= 11 is 11.9. The van der Waals surface area contributed by atoms with Gasteiger partial charge < -0.3 is 4.84 Å². The summed E-state index contributed by atoms with van der Waals surface area (Å²) in [5, 5.41) is 3.79. The molecule has 0 bridgehead atoms. The van der Waals surface area contributed by atoms with Crippen LogP contribution in [0, 0.1) is 6.92 Å². The third-order valence-electron chi connectivity index (χ3n) is 5.74. The molecule has 1 aliphatic rings. The summed E-state index contributed by atoms with van der Waals surface area (Å²) in [6, 6.07) is 16.4. The first-order chi connectivity index (χ1) is 16.8. The molecule has 0 saturated carbocycles. The van der Waals surface area contributed by atoms with E-state index in [1.807, 2.05) is 0 Å². The molecule has 0 saturated heterocycles. The van der Waals surface area contributed by atoms with E-state index in [0.29, 0.717) is 16.0 Å². The molecule has 1 heterocycles. The van der Waals surface area contributed by atoms with Gasteiger partial charge in [-0.05, 0) is 60.5 Å². The van der Waals surface area contributed by atoms with Crippen molar-refractivity contribution in [3.05, 3.63) is 99.0 Å². The molecule has 0 aromatic heterocycles. The minimum Gasteiger partial charge on any atom is -0.374 e. The zero-order valence-corrected chi connectivity index (χ0v) is 21.3. The van der Waals surface area contributed by atoms with Gasteiger partial charge in [-0.2, -0.15) is 17.5 Å². The van der Waals surface area contributed by atoms with Crippen molar-refractivity contribution >= 4 is 44.5 Å². The van der Waals surface area contributed by atoms with E-state index in [1.54, 1.807) is 37.3 Å². The Morgan fingerprint density at radius 3 is 2.28 bits per heavy atom. The standard InChI is InChI=1S/C25H19Cl2F3N2O3S/c1-15-10-16(8-9-21(15)23(33)32-36(2,34)20-6-4-3-5-7-20)22-14-24(35-31-22,25(28,29)30)17-11-18(26)13-19(27)12-17/h3-13H,14H2,1-2H3. The predicted octanol–water partition coefficient (Wildman–Crippen LogP) is 7.18. The summed E-state index contributed by atoms with van der Waals surface area (Å²) in [5.41, 5.74) is -2.06. The molecule has 3 aromatic rings. The Bertz CT molecular complexity index is 1480. The van der Waals surface area contributed by atoms with E-state index < -0.39 is 33.8 Å².